The van der Waals surface area contributed by atoms with Crippen molar-refractivity contribution in [2.75, 3.05) is 26.2 Å². The molecule has 11 nitrogen and oxygen atoms in total. The van der Waals surface area contributed by atoms with Gasteiger partial charge in [-0.2, -0.15) is 0 Å². The predicted octanol–water partition coefficient (Wildman–Crippen LogP) is -0.163. The number of sulfonamides is 1. The summed E-state index contributed by atoms with van der Waals surface area (Å²) in [5.74, 6) is -2.40. The van der Waals surface area contributed by atoms with Crippen molar-refractivity contribution in [2.24, 2.45) is 5.73 Å². The van der Waals surface area contributed by atoms with Crippen LogP contribution in [0.25, 0.3) is 0 Å². The Morgan fingerprint density at radius 2 is 1.88 bits per heavy atom. The van der Waals surface area contributed by atoms with Gasteiger partial charge in [0.2, 0.25) is 0 Å². The number of carboxylic acid groups (broad SMARTS) is 1. The molecule has 0 saturated carbocycles. The lowest BCUT2D eigenvalue weighted by Crippen LogP contribution is -2.57. The third kappa shape index (κ3) is 6.90. The van der Waals surface area contributed by atoms with E-state index in [4.69, 9.17) is 5.73 Å². The molecule has 1 heterocycles. The van der Waals surface area contributed by atoms with Crippen molar-refractivity contribution in [1.29, 1.82) is 0 Å². The second-order valence-electron chi connectivity index (χ2n) is 7.44. The molecule has 0 aliphatic carbocycles. The highest BCUT2D eigenvalue weighted by atomic mass is 32.2. The van der Waals surface area contributed by atoms with Crippen molar-refractivity contribution in [3.8, 4) is 0 Å². The first-order valence-electron chi connectivity index (χ1n) is 10.6. The molecular formula is C20H31N5O6S. The Morgan fingerprint density at radius 1 is 1.16 bits per heavy atom. The molecule has 0 radical (unpaired) electrons. The molecule has 178 valence electrons. The Balaban J connectivity index is 2.19. The largest absolute Gasteiger partial charge is 0.480 e. The van der Waals surface area contributed by atoms with Crippen molar-refractivity contribution in [2.45, 2.75) is 49.1 Å². The molecule has 3 amide bonds. The summed E-state index contributed by atoms with van der Waals surface area (Å²) in [6.07, 6.45) is 3.42. The Labute approximate surface area is 187 Å². The van der Waals surface area contributed by atoms with E-state index in [2.05, 4.69) is 16.0 Å². The number of nitrogens with zero attached hydrogens (tertiary/aromatic N) is 1. The van der Waals surface area contributed by atoms with E-state index in [0.717, 1.165) is 12.8 Å². The molecule has 0 unspecified atom stereocenters. The summed E-state index contributed by atoms with van der Waals surface area (Å²) in [7, 11) is -4.48. The molecule has 0 bridgehead atoms. The molecular weight excluding hydrogens is 438 g/mol. The monoisotopic (exact) mass is 469 g/mol. The van der Waals surface area contributed by atoms with E-state index in [1.807, 2.05) is 0 Å². The molecule has 0 aromatic heterocycles. The molecule has 6 N–H and O–H groups in total. The zero-order chi connectivity index (χ0) is 23.6. The van der Waals surface area contributed by atoms with Crippen molar-refractivity contribution in [1.82, 2.24) is 20.3 Å². The lowest BCUT2D eigenvalue weighted by Gasteiger charge is -2.30. The first-order chi connectivity index (χ1) is 15.3. The summed E-state index contributed by atoms with van der Waals surface area (Å²) in [5, 5.41) is 17.6. The molecule has 1 aliphatic heterocycles. The summed E-state index contributed by atoms with van der Waals surface area (Å²) in [5.41, 5.74) is 5.41. The van der Waals surface area contributed by atoms with Crippen molar-refractivity contribution < 1.29 is 27.9 Å². The number of hydrogen-bond acceptors (Lipinski definition) is 7. The Kier molecular flexibility index (Phi) is 9.88. The number of rotatable bonds is 12. The number of nitrogens with one attached hydrogen (secondary N) is 3. The highest BCUT2D eigenvalue weighted by molar-refractivity contribution is 7.89. The molecule has 1 aliphatic rings. The highest BCUT2D eigenvalue weighted by Crippen LogP contribution is 2.22. The average molecular weight is 470 g/mol. The van der Waals surface area contributed by atoms with Gasteiger partial charge in [-0.3, -0.25) is 4.79 Å². The summed E-state index contributed by atoms with van der Waals surface area (Å²) in [6.45, 7) is 0.870. The normalized spacial score (nSPS) is 16.8. The molecule has 1 aromatic rings. The van der Waals surface area contributed by atoms with Crippen LogP contribution in [0.2, 0.25) is 0 Å². The van der Waals surface area contributed by atoms with Crippen LogP contribution in [-0.2, 0) is 19.6 Å². The molecule has 2 atom stereocenters. The van der Waals surface area contributed by atoms with E-state index in [-0.39, 0.29) is 4.90 Å². The second kappa shape index (κ2) is 12.4. The number of carbonyl (C=O) groups excluding carboxylic acids is 2. The Hall–Kier alpha value is -2.70. The standard InChI is InChI=1S/C20H31N5O6S/c21-11-5-2-6-12-23-20(29)24-14-17(19(27)28)25(18(26)16-10-7-13-22-16)32(30,31)15-8-3-1-4-9-15/h1,3-4,8-9,16-17,22H,2,5-7,10-14,21H2,(H,27,28)(H2,23,24,29)/t16-,17-/m0/s1. The van der Waals surface area contributed by atoms with Crippen LogP contribution in [0.1, 0.15) is 32.1 Å². The average Bonchev–Trinajstić information content (AvgIpc) is 3.31. The van der Waals surface area contributed by atoms with E-state index in [0.29, 0.717) is 43.2 Å². The SMILES string of the molecule is NCCCCCNC(=O)NC[C@@H](C(=O)O)N(C(=O)[C@@H]1CCCN1)S(=O)(=O)c1ccccc1. The smallest absolute Gasteiger partial charge is 0.329 e. The van der Waals surface area contributed by atoms with E-state index in [1.165, 1.54) is 24.3 Å². The van der Waals surface area contributed by atoms with Gasteiger partial charge in [-0.25, -0.2) is 22.3 Å². The summed E-state index contributed by atoms with van der Waals surface area (Å²) in [6, 6.07) is 3.89. The number of hydrogen-bond donors (Lipinski definition) is 5. The van der Waals surface area contributed by atoms with Crippen LogP contribution < -0.4 is 21.7 Å². The summed E-state index contributed by atoms with van der Waals surface area (Å²) < 4.78 is 26.9. The number of carboxylic acids is 1. The van der Waals surface area contributed by atoms with Gasteiger partial charge in [0.15, 0.2) is 6.04 Å². The molecule has 2 rings (SSSR count). The van der Waals surface area contributed by atoms with Gasteiger partial charge in [-0.05, 0) is 50.9 Å². The Morgan fingerprint density at radius 3 is 2.47 bits per heavy atom. The van der Waals surface area contributed by atoms with Crippen LogP contribution in [0.5, 0.6) is 0 Å². The van der Waals surface area contributed by atoms with Crippen LogP contribution in [0, 0.1) is 0 Å². The molecule has 12 heteroatoms. The van der Waals surface area contributed by atoms with Crippen LogP contribution in [0.3, 0.4) is 0 Å². The molecule has 0 spiro atoms. The lowest BCUT2D eigenvalue weighted by molar-refractivity contribution is -0.146. The number of carbonyl (C=O) groups is 3. The number of nitrogens with two attached hydrogens (primary N) is 1. The predicted molar refractivity (Wildman–Crippen MR) is 117 cm³/mol. The highest BCUT2D eigenvalue weighted by Gasteiger charge is 2.43. The van der Waals surface area contributed by atoms with Crippen molar-refractivity contribution in [3.63, 3.8) is 0 Å². The number of urea groups is 1. The van der Waals surface area contributed by atoms with Crippen LogP contribution in [0.4, 0.5) is 4.79 Å². The third-order valence-electron chi connectivity index (χ3n) is 5.07. The fourth-order valence-corrected chi connectivity index (χ4v) is 4.96. The number of unbranched alkanes of at least 4 members (excludes halogenated alkanes) is 2. The molecule has 1 saturated heterocycles. The summed E-state index contributed by atoms with van der Waals surface area (Å²) in [4.78, 5) is 37.0. The van der Waals surface area contributed by atoms with Crippen LogP contribution in [-0.4, -0.2) is 74.0 Å². The van der Waals surface area contributed by atoms with Gasteiger partial charge < -0.3 is 26.8 Å². The Bertz CT molecular complexity index is 874. The number of benzene rings is 1. The fraction of sp³-hybridized carbons (Fsp3) is 0.550. The van der Waals surface area contributed by atoms with Gasteiger partial charge in [-0.15, -0.1) is 0 Å². The minimum atomic E-state index is -4.48. The van der Waals surface area contributed by atoms with E-state index >= 15 is 0 Å². The first-order valence-corrected chi connectivity index (χ1v) is 12.0. The zero-order valence-corrected chi connectivity index (χ0v) is 18.6. The van der Waals surface area contributed by atoms with Crippen molar-refractivity contribution in [3.05, 3.63) is 30.3 Å². The zero-order valence-electron chi connectivity index (χ0n) is 17.8. The van der Waals surface area contributed by atoms with E-state index in [1.54, 1.807) is 6.07 Å². The van der Waals surface area contributed by atoms with Gasteiger partial charge in [0.05, 0.1) is 17.5 Å². The maximum absolute atomic E-state index is 13.3. The quantitative estimate of drug-likeness (QED) is 0.263. The maximum Gasteiger partial charge on any atom is 0.329 e. The molecule has 32 heavy (non-hydrogen) atoms. The minimum absolute atomic E-state index is 0.207. The van der Waals surface area contributed by atoms with E-state index in [9.17, 15) is 27.9 Å². The van der Waals surface area contributed by atoms with Crippen molar-refractivity contribution >= 4 is 27.9 Å². The van der Waals surface area contributed by atoms with E-state index < -0.39 is 46.6 Å². The summed E-state index contributed by atoms with van der Waals surface area (Å²) >= 11 is 0. The van der Waals surface area contributed by atoms with Gasteiger partial charge in [0, 0.05) is 6.54 Å². The first kappa shape index (κ1) is 25.6. The van der Waals surface area contributed by atoms with Gasteiger partial charge in [0.25, 0.3) is 15.9 Å². The second-order valence-corrected chi connectivity index (χ2v) is 9.26. The van der Waals surface area contributed by atoms with Crippen LogP contribution >= 0.6 is 0 Å². The maximum atomic E-state index is 13.3. The van der Waals surface area contributed by atoms with Gasteiger partial charge in [-0.1, -0.05) is 24.6 Å². The number of amides is 3. The van der Waals surface area contributed by atoms with Gasteiger partial charge >= 0.3 is 12.0 Å². The van der Waals surface area contributed by atoms with Crippen LogP contribution in [0.15, 0.2) is 35.2 Å². The fourth-order valence-electron chi connectivity index (χ4n) is 3.36. The molecule has 1 aromatic carbocycles. The minimum Gasteiger partial charge on any atom is -0.480 e. The lowest BCUT2D eigenvalue weighted by atomic mass is 10.2. The third-order valence-corrected chi connectivity index (χ3v) is 6.89. The number of aliphatic carboxylic acids is 1. The molecule has 1 fully saturated rings. The van der Waals surface area contributed by atoms with Gasteiger partial charge in [0.1, 0.15) is 0 Å². The topological polar surface area (TPSA) is 171 Å².